The van der Waals surface area contributed by atoms with Crippen molar-refractivity contribution in [1.82, 2.24) is 19.9 Å². The van der Waals surface area contributed by atoms with Crippen molar-refractivity contribution < 1.29 is 9.59 Å². The average molecular weight is 645 g/mol. The molecule has 2 N–H and O–H groups in total. The van der Waals surface area contributed by atoms with Gasteiger partial charge in [0.05, 0.1) is 17.9 Å². The van der Waals surface area contributed by atoms with Crippen molar-refractivity contribution in [1.29, 1.82) is 0 Å². The topological polar surface area (TPSA) is 100 Å². The van der Waals surface area contributed by atoms with E-state index in [1.807, 2.05) is 95.9 Å². The molecule has 0 saturated carbocycles. The number of urea groups is 1. The van der Waals surface area contributed by atoms with Gasteiger partial charge in [0, 0.05) is 59.0 Å². The quantitative estimate of drug-likeness (QED) is 0.181. The van der Waals surface area contributed by atoms with Gasteiger partial charge in [-0.15, -0.1) is 0 Å². The molecule has 8 nitrogen and oxygen atoms in total. The van der Waals surface area contributed by atoms with E-state index in [2.05, 4.69) is 47.7 Å². The van der Waals surface area contributed by atoms with Crippen LogP contribution in [0, 0.1) is 6.92 Å². The standard InChI is InChI=1S/C41H36N6O2/c1-3-28-22-32(29-15-17-30(18-16-29)40(48)43-33-12-5-4-6-13-33)24-34(23-28)44-41(49)47-21-19-37-36(26-47)38(35-14-8-7-10-27(35)2)46-39(45-37)31-11-9-20-42-25-31/h4-18,20,22-25H,3,19,21,26H2,1-2H3,(H,43,48)(H,44,49). The minimum Gasteiger partial charge on any atom is -0.322 e. The molecule has 242 valence electrons. The van der Waals surface area contributed by atoms with Crippen LogP contribution in [0.5, 0.6) is 0 Å². The van der Waals surface area contributed by atoms with E-state index in [1.165, 1.54) is 0 Å². The van der Waals surface area contributed by atoms with Gasteiger partial charge in [-0.25, -0.2) is 14.8 Å². The molecule has 6 aromatic rings. The summed E-state index contributed by atoms with van der Waals surface area (Å²) in [4.78, 5) is 42.7. The highest BCUT2D eigenvalue weighted by Crippen LogP contribution is 2.33. The summed E-state index contributed by atoms with van der Waals surface area (Å²) in [7, 11) is 0. The first kappa shape index (κ1) is 31.4. The van der Waals surface area contributed by atoms with Crippen LogP contribution in [0.4, 0.5) is 16.2 Å². The number of pyridine rings is 1. The highest BCUT2D eigenvalue weighted by Gasteiger charge is 2.27. The molecule has 2 aromatic heterocycles. The molecule has 0 aliphatic carbocycles. The van der Waals surface area contributed by atoms with Gasteiger partial charge in [-0.05, 0) is 84.1 Å². The third kappa shape index (κ3) is 6.94. The van der Waals surface area contributed by atoms with Crippen molar-refractivity contribution >= 4 is 23.3 Å². The molecule has 0 unspecified atom stereocenters. The Balaban J connectivity index is 1.12. The molecule has 49 heavy (non-hydrogen) atoms. The highest BCUT2D eigenvalue weighted by atomic mass is 16.2. The molecular formula is C41H36N6O2. The molecular weight excluding hydrogens is 608 g/mol. The SMILES string of the molecule is CCc1cc(NC(=O)N2CCc3nc(-c4cccnc4)nc(-c4ccccc4C)c3C2)cc(-c2ccc(C(=O)Nc3ccccc3)cc2)c1. The maximum absolute atomic E-state index is 13.8. The fourth-order valence-electron chi connectivity index (χ4n) is 6.15. The number of fused-ring (bicyclic) bond motifs is 1. The summed E-state index contributed by atoms with van der Waals surface area (Å²) in [5.74, 6) is 0.470. The lowest BCUT2D eigenvalue weighted by atomic mass is 9.96. The number of hydrogen-bond donors (Lipinski definition) is 2. The second-order valence-electron chi connectivity index (χ2n) is 12.1. The van der Waals surface area contributed by atoms with Crippen LogP contribution in [0.2, 0.25) is 0 Å². The van der Waals surface area contributed by atoms with Crippen LogP contribution in [0.1, 0.15) is 39.7 Å². The zero-order chi connectivity index (χ0) is 33.7. The summed E-state index contributed by atoms with van der Waals surface area (Å²) >= 11 is 0. The zero-order valence-electron chi connectivity index (χ0n) is 27.5. The van der Waals surface area contributed by atoms with Crippen molar-refractivity contribution in [3.63, 3.8) is 0 Å². The maximum atomic E-state index is 13.8. The van der Waals surface area contributed by atoms with E-state index in [9.17, 15) is 9.59 Å². The van der Waals surface area contributed by atoms with Gasteiger partial charge in [-0.1, -0.05) is 67.6 Å². The first-order valence-electron chi connectivity index (χ1n) is 16.5. The normalized spacial score (nSPS) is 12.2. The predicted molar refractivity (Wildman–Crippen MR) is 194 cm³/mol. The van der Waals surface area contributed by atoms with Crippen molar-refractivity contribution in [3.05, 3.63) is 150 Å². The van der Waals surface area contributed by atoms with Crippen LogP contribution >= 0.6 is 0 Å². The van der Waals surface area contributed by atoms with Gasteiger partial charge in [0.1, 0.15) is 0 Å². The van der Waals surface area contributed by atoms with E-state index in [4.69, 9.17) is 9.97 Å². The number of aryl methyl sites for hydroxylation is 2. The highest BCUT2D eigenvalue weighted by molar-refractivity contribution is 6.04. The van der Waals surface area contributed by atoms with Gasteiger partial charge in [-0.3, -0.25) is 9.78 Å². The molecule has 8 heteroatoms. The number of nitrogens with zero attached hydrogens (tertiary/aromatic N) is 4. The van der Waals surface area contributed by atoms with Gasteiger partial charge in [0.15, 0.2) is 5.82 Å². The number of rotatable bonds is 7. The number of carbonyl (C=O) groups is 2. The maximum Gasteiger partial charge on any atom is 0.322 e. The molecule has 0 spiro atoms. The van der Waals surface area contributed by atoms with E-state index in [1.54, 1.807) is 12.4 Å². The van der Waals surface area contributed by atoms with Gasteiger partial charge in [0.25, 0.3) is 5.91 Å². The largest absolute Gasteiger partial charge is 0.322 e. The minimum absolute atomic E-state index is 0.166. The van der Waals surface area contributed by atoms with Crippen molar-refractivity contribution in [3.8, 4) is 33.8 Å². The smallest absolute Gasteiger partial charge is 0.322 e. The Labute approximate surface area is 285 Å². The molecule has 3 amide bonds. The predicted octanol–water partition coefficient (Wildman–Crippen LogP) is 8.59. The third-order valence-electron chi connectivity index (χ3n) is 8.83. The lowest BCUT2D eigenvalue weighted by molar-refractivity contribution is 0.102. The number of benzene rings is 4. The molecule has 0 bridgehead atoms. The van der Waals surface area contributed by atoms with Crippen molar-refractivity contribution in [2.24, 2.45) is 0 Å². The molecule has 0 radical (unpaired) electrons. The first-order valence-corrected chi connectivity index (χ1v) is 16.5. The van der Waals surface area contributed by atoms with E-state index in [0.29, 0.717) is 30.9 Å². The Morgan fingerprint density at radius 1 is 0.776 bits per heavy atom. The van der Waals surface area contributed by atoms with Crippen LogP contribution in [-0.2, 0) is 19.4 Å². The minimum atomic E-state index is -0.176. The fraction of sp³-hybridized carbons (Fsp3) is 0.146. The lowest BCUT2D eigenvalue weighted by Crippen LogP contribution is -2.39. The molecule has 0 atom stereocenters. The number of nitrogens with one attached hydrogen (secondary N) is 2. The average Bonchev–Trinajstić information content (AvgIpc) is 3.15. The summed E-state index contributed by atoms with van der Waals surface area (Å²) in [5.41, 5.74) is 10.8. The Bertz CT molecular complexity index is 2130. The fourth-order valence-corrected chi connectivity index (χ4v) is 6.15. The Hall–Kier alpha value is -6.15. The van der Waals surface area contributed by atoms with Crippen LogP contribution < -0.4 is 10.6 Å². The lowest BCUT2D eigenvalue weighted by Gasteiger charge is -2.30. The molecule has 1 aliphatic rings. The monoisotopic (exact) mass is 644 g/mol. The third-order valence-corrected chi connectivity index (χ3v) is 8.83. The summed E-state index contributed by atoms with van der Waals surface area (Å²) in [6.45, 7) is 5.09. The number of carbonyl (C=O) groups excluding carboxylic acids is 2. The van der Waals surface area contributed by atoms with E-state index in [0.717, 1.165) is 68.1 Å². The summed E-state index contributed by atoms with van der Waals surface area (Å²) in [6, 6.07) is 34.9. The summed E-state index contributed by atoms with van der Waals surface area (Å²) < 4.78 is 0. The molecule has 4 aromatic carbocycles. The van der Waals surface area contributed by atoms with Crippen LogP contribution in [0.25, 0.3) is 33.8 Å². The first-order chi connectivity index (χ1) is 23.9. The Morgan fingerprint density at radius 3 is 2.33 bits per heavy atom. The number of amides is 3. The molecule has 1 aliphatic heterocycles. The zero-order valence-corrected chi connectivity index (χ0v) is 27.5. The van der Waals surface area contributed by atoms with E-state index < -0.39 is 0 Å². The number of anilines is 2. The van der Waals surface area contributed by atoms with Crippen molar-refractivity contribution in [2.45, 2.75) is 33.2 Å². The second-order valence-corrected chi connectivity index (χ2v) is 12.1. The summed E-state index contributed by atoms with van der Waals surface area (Å²) in [6.07, 6.45) is 4.94. The van der Waals surface area contributed by atoms with Crippen LogP contribution in [0.3, 0.4) is 0 Å². The van der Waals surface area contributed by atoms with Crippen LogP contribution in [0.15, 0.2) is 122 Å². The van der Waals surface area contributed by atoms with E-state index in [-0.39, 0.29) is 11.9 Å². The Kier molecular flexibility index (Phi) is 8.93. The van der Waals surface area contributed by atoms with Gasteiger partial charge in [-0.2, -0.15) is 0 Å². The Morgan fingerprint density at radius 2 is 1.57 bits per heavy atom. The van der Waals surface area contributed by atoms with Gasteiger partial charge in [0.2, 0.25) is 0 Å². The number of para-hydroxylation sites is 1. The van der Waals surface area contributed by atoms with E-state index >= 15 is 0 Å². The van der Waals surface area contributed by atoms with Gasteiger partial charge >= 0.3 is 6.03 Å². The van der Waals surface area contributed by atoms with Gasteiger partial charge < -0.3 is 15.5 Å². The molecule has 0 fully saturated rings. The second kappa shape index (κ2) is 13.9. The van der Waals surface area contributed by atoms with Crippen molar-refractivity contribution in [2.75, 3.05) is 17.2 Å². The molecule has 3 heterocycles. The molecule has 7 rings (SSSR count). The molecule has 0 saturated heterocycles. The van der Waals surface area contributed by atoms with Crippen LogP contribution in [-0.4, -0.2) is 38.3 Å². The number of aromatic nitrogens is 3. The number of hydrogen-bond acceptors (Lipinski definition) is 5. The summed E-state index contributed by atoms with van der Waals surface area (Å²) in [5, 5.41) is 6.09.